The standard InChI is InChI=1S/C13H11BrN2O3S/c1-18-9-4-2-3-8(7-9)15-13(20)16-12(17)10-5-6-11(14)19-10/h2-7H,1H3,(H2,15,16,17,20). The molecule has 0 aliphatic heterocycles. The summed E-state index contributed by atoms with van der Waals surface area (Å²) in [7, 11) is 1.58. The van der Waals surface area contributed by atoms with Crippen LogP contribution in [0.4, 0.5) is 5.69 Å². The van der Waals surface area contributed by atoms with Crippen LogP contribution in [0.25, 0.3) is 0 Å². The fraction of sp³-hybridized carbons (Fsp3) is 0.0769. The summed E-state index contributed by atoms with van der Waals surface area (Å²) >= 11 is 8.19. The smallest absolute Gasteiger partial charge is 0.293 e. The van der Waals surface area contributed by atoms with Crippen LogP contribution in [-0.2, 0) is 0 Å². The van der Waals surface area contributed by atoms with E-state index in [0.717, 1.165) is 5.69 Å². The van der Waals surface area contributed by atoms with Crippen LogP contribution in [0, 0.1) is 0 Å². The summed E-state index contributed by atoms with van der Waals surface area (Å²) in [6.07, 6.45) is 0. The number of halogens is 1. The maximum atomic E-state index is 11.8. The lowest BCUT2D eigenvalue weighted by Crippen LogP contribution is -2.33. The van der Waals surface area contributed by atoms with Gasteiger partial charge < -0.3 is 14.5 Å². The first kappa shape index (κ1) is 14.5. The number of carbonyl (C=O) groups excluding carboxylic acids is 1. The fourth-order valence-corrected chi connectivity index (χ4v) is 1.98. The van der Waals surface area contributed by atoms with Gasteiger partial charge in [-0.25, -0.2) is 0 Å². The number of amides is 1. The number of anilines is 1. The van der Waals surface area contributed by atoms with E-state index in [-0.39, 0.29) is 10.9 Å². The molecule has 0 aliphatic rings. The highest BCUT2D eigenvalue weighted by Crippen LogP contribution is 2.17. The highest BCUT2D eigenvalue weighted by atomic mass is 79.9. The summed E-state index contributed by atoms with van der Waals surface area (Å²) in [4.78, 5) is 11.8. The zero-order valence-electron chi connectivity index (χ0n) is 10.5. The van der Waals surface area contributed by atoms with Crippen LogP contribution in [0.5, 0.6) is 5.75 Å². The molecule has 7 heteroatoms. The van der Waals surface area contributed by atoms with Crippen LogP contribution < -0.4 is 15.4 Å². The number of hydrogen-bond acceptors (Lipinski definition) is 4. The molecule has 0 bridgehead atoms. The van der Waals surface area contributed by atoms with Crippen molar-refractivity contribution < 1.29 is 13.9 Å². The van der Waals surface area contributed by atoms with Gasteiger partial charge in [-0.1, -0.05) is 6.07 Å². The van der Waals surface area contributed by atoms with Crippen molar-refractivity contribution in [3.63, 3.8) is 0 Å². The predicted molar refractivity (Wildman–Crippen MR) is 83.1 cm³/mol. The van der Waals surface area contributed by atoms with Gasteiger partial charge in [0, 0.05) is 11.8 Å². The van der Waals surface area contributed by atoms with Crippen molar-refractivity contribution >= 4 is 44.9 Å². The molecule has 2 rings (SSSR count). The third kappa shape index (κ3) is 3.82. The Morgan fingerprint density at radius 1 is 1.35 bits per heavy atom. The predicted octanol–water partition coefficient (Wildman–Crippen LogP) is 3.18. The SMILES string of the molecule is COc1cccc(NC(=S)NC(=O)c2ccc(Br)o2)c1. The molecule has 0 spiro atoms. The summed E-state index contributed by atoms with van der Waals surface area (Å²) in [5.41, 5.74) is 0.718. The third-order valence-electron chi connectivity index (χ3n) is 2.35. The van der Waals surface area contributed by atoms with E-state index in [1.165, 1.54) is 0 Å². The zero-order chi connectivity index (χ0) is 14.5. The molecule has 1 amide bonds. The number of benzene rings is 1. The molecule has 0 saturated carbocycles. The molecule has 20 heavy (non-hydrogen) atoms. The van der Waals surface area contributed by atoms with Crippen LogP contribution in [-0.4, -0.2) is 18.1 Å². The van der Waals surface area contributed by atoms with E-state index in [0.29, 0.717) is 10.4 Å². The number of furan rings is 1. The number of nitrogens with one attached hydrogen (secondary N) is 2. The molecule has 1 heterocycles. The van der Waals surface area contributed by atoms with Crippen molar-refractivity contribution in [3.8, 4) is 5.75 Å². The van der Waals surface area contributed by atoms with Crippen LogP contribution in [0.2, 0.25) is 0 Å². The van der Waals surface area contributed by atoms with Gasteiger partial charge in [-0.2, -0.15) is 0 Å². The molecule has 0 fully saturated rings. The van der Waals surface area contributed by atoms with Gasteiger partial charge in [0.15, 0.2) is 15.5 Å². The monoisotopic (exact) mass is 354 g/mol. The van der Waals surface area contributed by atoms with E-state index in [1.54, 1.807) is 25.3 Å². The largest absolute Gasteiger partial charge is 0.497 e. The van der Waals surface area contributed by atoms with Gasteiger partial charge in [-0.3, -0.25) is 10.1 Å². The Hall–Kier alpha value is -1.86. The lowest BCUT2D eigenvalue weighted by Gasteiger charge is -2.09. The molecule has 104 valence electrons. The Morgan fingerprint density at radius 2 is 2.15 bits per heavy atom. The lowest BCUT2D eigenvalue weighted by molar-refractivity contribution is 0.0949. The molecule has 2 aromatic rings. The number of carbonyl (C=O) groups is 1. The molecule has 0 atom stereocenters. The Morgan fingerprint density at radius 3 is 2.80 bits per heavy atom. The highest BCUT2D eigenvalue weighted by molar-refractivity contribution is 9.10. The van der Waals surface area contributed by atoms with Crippen molar-refractivity contribution in [2.45, 2.75) is 0 Å². The lowest BCUT2D eigenvalue weighted by atomic mass is 10.3. The molecule has 0 aliphatic carbocycles. The van der Waals surface area contributed by atoms with Gasteiger partial charge in [0.05, 0.1) is 7.11 Å². The number of thiocarbonyl (C=S) groups is 1. The van der Waals surface area contributed by atoms with Crippen LogP contribution in [0.1, 0.15) is 10.6 Å². The van der Waals surface area contributed by atoms with E-state index in [9.17, 15) is 4.79 Å². The first-order chi connectivity index (χ1) is 9.58. The van der Waals surface area contributed by atoms with E-state index < -0.39 is 5.91 Å². The normalized spacial score (nSPS) is 9.90. The molecule has 0 radical (unpaired) electrons. The van der Waals surface area contributed by atoms with Crippen LogP contribution in [0.15, 0.2) is 45.5 Å². The second-order valence-corrected chi connectivity index (χ2v) is 4.93. The molecule has 5 nitrogen and oxygen atoms in total. The second-order valence-electron chi connectivity index (χ2n) is 3.74. The quantitative estimate of drug-likeness (QED) is 0.828. The second kappa shape index (κ2) is 6.53. The number of hydrogen-bond donors (Lipinski definition) is 2. The van der Waals surface area contributed by atoms with Crippen molar-refractivity contribution in [1.82, 2.24) is 5.32 Å². The van der Waals surface area contributed by atoms with Gasteiger partial charge in [-0.15, -0.1) is 0 Å². The summed E-state index contributed by atoms with van der Waals surface area (Å²) in [5, 5.41) is 5.59. The maximum absolute atomic E-state index is 11.8. The van der Waals surface area contributed by atoms with E-state index in [1.807, 2.05) is 18.2 Å². The minimum absolute atomic E-state index is 0.173. The minimum atomic E-state index is -0.420. The van der Waals surface area contributed by atoms with Crippen molar-refractivity contribution in [2.24, 2.45) is 0 Å². The molecular weight excluding hydrogens is 344 g/mol. The number of rotatable bonds is 3. The average molecular weight is 355 g/mol. The highest BCUT2D eigenvalue weighted by Gasteiger charge is 2.12. The molecule has 0 unspecified atom stereocenters. The van der Waals surface area contributed by atoms with E-state index in [2.05, 4.69) is 26.6 Å². The Kier molecular flexibility index (Phi) is 4.75. The summed E-state index contributed by atoms with van der Waals surface area (Å²) in [5.74, 6) is 0.446. The topological polar surface area (TPSA) is 63.5 Å². The van der Waals surface area contributed by atoms with Crippen molar-refractivity contribution in [3.05, 3.63) is 46.8 Å². The fourth-order valence-electron chi connectivity index (χ4n) is 1.46. The number of ether oxygens (including phenoxy) is 1. The van der Waals surface area contributed by atoms with Crippen LogP contribution >= 0.6 is 28.1 Å². The van der Waals surface area contributed by atoms with Gasteiger partial charge in [-0.05, 0) is 52.4 Å². The van der Waals surface area contributed by atoms with E-state index in [4.69, 9.17) is 21.4 Å². The molecular formula is C13H11BrN2O3S. The average Bonchev–Trinajstić information content (AvgIpc) is 2.85. The maximum Gasteiger partial charge on any atom is 0.293 e. The van der Waals surface area contributed by atoms with Crippen molar-refractivity contribution in [2.75, 3.05) is 12.4 Å². The first-order valence-corrected chi connectivity index (χ1v) is 6.80. The molecule has 1 aromatic heterocycles. The Labute approximate surface area is 129 Å². The first-order valence-electron chi connectivity index (χ1n) is 5.60. The Bertz CT molecular complexity index is 642. The summed E-state index contributed by atoms with van der Waals surface area (Å²) in [6, 6.07) is 10.4. The van der Waals surface area contributed by atoms with Crippen molar-refractivity contribution in [1.29, 1.82) is 0 Å². The number of methoxy groups -OCH3 is 1. The Balaban J connectivity index is 1.96. The van der Waals surface area contributed by atoms with Crippen LogP contribution in [0.3, 0.4) is 0 Å². The van der Waals surface area contributed by atoms with Gasteiger partial charge in [0.25, 0.3) is 5.91 Å². The van der Waals surface area contributed by atoms with Gasteiger partial charge in [0.2, 0.25) is 0 Å². The minimum Gasteiger partial charge on any atom is -0.497 e. The molecule has 2 N–H and O–H groups in total. The third-order valence-corrected chi connectivity index (χ3v) is 2.98. The summed E-state index contributed by atoms with van der Waals surface area (Å²) < 4.78 is 10.7. The molecule has 1 aromatic carbocycles. The van der Waals surface area contributed by atoms with Gasteiger partial charge in [0.1, 0.15) is 5.75 Å². The van der Waals surface area contributed by atoms with Gasteiger partial charge >= 0.3 is 0 Å². The zero-order valence-corrected chi connectivity index (χ0v) is 12.9. The summed E-state index contributed by atoms with van der Waals surface area (Å²) in [6.45, 7) is 0. The van der Waals surface area contributed by atoms with E-state index >= 15 is 0 Å². The molecule has 0 saturated heterocycles.